The Hall–Kier alpha value is -1.55. The van der Waals surface area contributed by atoms with Gasteiger partial charge >= 0.3 is 5.97 Å². The van der Waals surface area contributed by atoms with Crippen LogP contribution in [0.1, 0.15) is 30.7 Å². The minimum absolute atomic E-state index is 0.111. The van der Waals surface area contributed by atoms with E-state index in [2.05, 4.69) is 5.32 Å². The van der Waals surface area contributed by atoms with Gasteiger partial charge in [0.05, 0.1) is 0 Å². The number of hydrogen-bond donors (Lipinski definition) is 2. The van der Waals surface area contributed by atoms with E-state index in [0.717, 1.165) is 24.8 Å². The third-order valence-corrected chi connectivity index (χ3v) is 4.30. The molecular weight excluding hydrogens is 278 g/mol. The Labute approximate surface area is 122 Å². The topological polar surface area (TPSA) is 66.4 Å². The van der Waals surface area contributed by atoms with Gasteiger partial charge in [-0.15, -0.1) is 0 Å². The first kappa shape index (κ1) is 13.4. The van der Waals surface area contributed by atoms with E-state index in [0.29, 0.717) is 5.02 Å². The zero-order valence-electron chi connectivity index (χ0n) is 10.9. The van der Waals surface area contributed by atoms with Gasteiger partial charge in [-0.3, -0.25) is 4.79 Å². The number of aliphatic carboxylic acids is 1. The Morgan fingerprint density at radius 2 is 2.10 bits per heavy atom. The lowest BCUT2D eigenvalue weighted by Gasteiger charge is -2.13. The van der Waals surface area contributed by atoms with Crippen molar-refractivity contribution in [1.29, 1.82) is 0 Å². The zero-order chi connectivity index (χ0) is 14.3. The van der Waals surface area contributed by atoms with Crippen LogP contribution in [0.15, 0.2) is 24.3 Å². The third kappa shape index (κ3) is 2.80. The van der Waals surface area contributed by atoms with Crippen LogP contribution >= 0.6 is 11.6 Å². The molecule has 3 unspecified atom stereocenters. The largest absolute Gasteiger partial charge is 0.480 e. The summed E-state index contributed by atoms with van der Waals surface area (Å²) in [5.41, 5.74) is 1.05. The summed E-state index contributed by atoms with van der Waals surface area (Å²) in [6.07, 6.45) is 2.54. The summed E-state index contributed by atoms with van der Waals surface area (Å²) in [6, 6.07) is 6.78. The Morgan fingerprint density at radius 3 is 2.70 bits per heavy atom. The second kappa shape index (κ2) is 5.09. The molecule has 0 radical (unpaired) electrons. The summed E-state index contributed by atoms with van der Waals surface area (Å²) in [6.45, 7) is 0. The van der Waals surface area contributed by atoms with Crippen LogP contribution in [0.2, 0.25) is 5.02 Å². The molecule has 4 nitrogen and oxygen atoms in total. The van der Waals surface area contributed by atoms with Crippen LogP contribution in [0, 0.1) is 11.8 Å². The minimum atomic E-state index is -0.930. The fourth-order valence-electron chi connectivity index (χ4n) is 2.66. The van der Waals surface area contributed by atoms with Gasteiger partial charge in [-0.1, -0.05) is 23.7 Å². The van der Waals surface area contributed by atoms with Crippen LogP contribution in [-0.4, -0.2) is 23.0 Å². The quantitative estimate of drug-likeness (QED) is 0.876. The van der Waals surface area contributed by atoms with Gasteiger partial charge in [-0.25, -0.2) is 4.79 Å². The second-order valence-electron chi connectivity index (χ2n) is 5.67. The molecule has 1 amide bonds. The lowest BCUT2D eigenvalue weighted by molar-refractivity contribution is -0.142. The molecular formula is C15H16ClNO3. The summed E-state index contributed by atoms with van der Waals surface area (Å²) in [4.78, 5) is 23.2. The van der Waals surface area contributed by atoms with Gasteiger partial charge in [0.25, 0.3) is 0 Å². The van der Waals surface area contributed by atoms with Crippen LogP contribution in [0.4, 0.5) is 0 Å². The van der Waals surface area contributed by atoms with Crippen LogP contribution in [0.5, 0.6) is 0 Å². The van der Waals surface area contributed by atoms with E-state index in [-0.39, 0.29) is 23.7 Å². The van der Waals surface area contributed by atoms with Crippen LogP contribution in [0.25, 0.3) is 0 Å². The fourth-order valence-corrected chi connectivity index (χ4v) is 2.86. The van der Waals surface area contributed by atoms with Crippen molar-refractivity contribution >= 4 is 23.5 Å². The molecule has 0 saturated heterocycles. The first-order valence-corrected chi connectivity index (χ1v) is 7.22. The SMILES string of the molecule is O=C(NC(C(=O)O)C1CC1)C1CC1c1cccc(Cl)c1. The van der Waals surface area contributed by atoms with E-state index >= 15 is 0 Å². The first-order valence-electron chi connectivity index (χ1n) is 6.85. The molecule has 1 aromatic carbocycles. The lowest BCUT2D eigenvalue weighted by atomic mass is 10.1. The van der Waals surface area contributed by atoms with Gasteiger partial charge < -0.3 is 10.4 Å². The predicted molar refractivity (Wildman–Crippen MR) is 74.6 cm³/mol. The van der Waals surface area contributed by atoms with Crippen LogP contribution < -0.4 is 5.32 Å². The van der Waals surface area contributed by atoms with Gasteiger partial charge in [0.1, 0.15) is 6.04 Å². The summed E-state index contributed by atoms with van der Waals surface area (Å²) in [5, 5.41) is 12.5. The Kier molecular flexibility index (Phi) is 3.42. The summed E-state index contributed by atoms with van der Waals surface area (Å²) < 4.78 is 0. The van der Waals surface area contributed by atoms with Gasteiger partial charge in [0.15, 0.2) is 0 Å². The van der Waals surface area contributed by atoms with Crippen molar-refractivity contribution in [2.75, 3.05) is 0 Å². The molecule has 0 heterocycles. The molecule has 0 aromatic heterocycles. The predicted octanol–water partition coefficient (Wildman–Crippen LogP) is 2.42. The van der Waals surface area contributed by atoms with Crippen molar-refractivity contribution in [3.63, 3.8) is 0 Å². The molecule has 3 rings (SSSR count). The van der Waals surface area contributed by atoms with Crippen LogP contribution in [0.3, 0.4) is 0 Å². The number of carbonyl (C=O) groups is 2. The highest BCUT2D eigenvalue weighted by Gasteiger charge is 2.46. The second-order valence-corrected chi connectivity index (χ2v) is 6.10. The Bertz CT molecular complexity index is 556. The molecule has 0 bridgehead atoms. The molecule has 2 aliphatic rings. The fraction of sp³-hybridized carbons (Fsp3) is 0.467. The van der Waals surface area contributed by atoms with Gasteiger partial charge in [-0.05, 0) is 48.8 Å². The lowest BCUT2D eigenvalue weighted by Crippen LogP contribution is -2.43. The van der Waals surface area contributed by atoms with Gasteiger partial charge in [0.2, 0.25) is 5.91 Å². The van der Waals surface area contributed by atoms with Crippen molar-refractivity contribution in [2.45, 2.75) is 31.2 Å². The van der Waals surface area contributed by atoms with Crippen molar-refractivity contribution in [2.24, 2.45) is 11.8 Å². The number of amides is 1. The summed E-state index contributed by atoms with van der Waals surface area (Å²) >= 11 is 5.94. The highest BCUT2D eigenvalue weighted by molar-refractivity contribution is 6.30. The maximum Gasteiger partial charge on any atom is 0.326 e. The number of benzene rings is 1. The number of halogens is 1. The third-order valence-electron chi connectivity index (χ3n) is 4.06. The monoisotopic (exact) mass is 293 g/mol. The number of nitrogens with one attached hydrogen (secondary N) is 1. The number of hydrogen-bond acceptors (Lipinski definition) is 2. The molecule has 0 aliphatic heterocycles. The molecule has 5 heteroatoms. The molecule has 0 spiro atoms. The van der Waals surface area contributed by atoms with Crippen molar-refractivity contribution in [3.8, 4) is 0 Å². The number of carboxylic acid groups (broad SMARTS) is 1. The van der Waals surface area contributed by atoms with E-state index in [1.54, 1.807) is 6.07 Å². The number of carboxylic acids is 1. The highest BCUT2D eigenvalue weighted by Crippen LogP contribution is 2.48. The molecule has 106 valence electrons. The molecule has 1 aromatic rings. The molecule has 3 atom stereocenters. The normalized spacial score (nSPS) is 25.9. The zero-order valence-corrected chi connectivity index (χ0v) is 11.6. The Balaban J connectivity index is 1.61. The number of carbonyl (C=O) groups excluding carboxylic acids is 1. The smallest absolute Gasteiger partial charge is 0.326 e. The number of rotatable bonds is 5. The summed E-state index contributed by atoms with van der Waals surface area (Å²) in [7, 11) is 0. The molecule has 2 saturated carbocycles. The minimum Gasteiger partial charge on any atom is -0.480 e. The molecule has 20 heavy (non-hydrogen) atoms. The average molecular weight is 294 g/mol. The molecule has 2 fully saturated rings. The average Bonchev–Trinajstić information content (AvgIpc) is 3.27. The van der Waals surface area contributed by atoms with Gasteiger partial charge in [0, 0.05) is 10.9 Å². The van der Waals surface area contributed by atoms with Crippen molar-refractivity contribution in [3.05, 3.63) is 34.9 Å². The molecule has 2 aliphatic carbocycles. The Morgan fingerprint density at radius 1 is 1.35 bits per heavy atom. The van der Waals surface area contributed by atoms with E-state index in [4.69, 9.17) is 16.7 Å². The first-order chi connectivity index (χ1) is 9.56. The standard InChI is InChI=1S/C15H16ClNO3/c16-10-3-1-2-9(6-10)11-7-12(11)14(18)17-13(15(19)20)8-4-5-8/h1-3,6,8,11-13H,4-5,7H2,(H,17,18)(H,19,20). The van der Waals surface area contributed by atoms with E-state index < -0.39 is 12.0 Å². The van der Waals surface area contributed by atoms with Gasteiger partial charge in [-0.2, -0.15) is 0 Å². The molecule has 2 N–H and O–H groups in total. The highest BCUT2D eigenvalue weighted by atomic mass is 35.5. The maximum atomic E-state index is 12.1. The van der Waals surface area contributed by atoms with E-state index in [1.165, 1.54) is 0 Å². The maximum absolute atomic E-state index is 12.1. The van der Waals surface area contributed by atoms with Crippen molar-refractivity contribution in [1.82, 2.24) is 5.32 Å². The van der Waals surface area contributed by atoms with Crippen LogP contribution in [-0.2, 0) is 9.59 Å². The van der Waals surface area contributed by atoms with E-state index in [1.807, 2.05) is 18.2 Å². The van der Waals surface area contributed by atoms with Crippen molar-refractivity contribution < 1.29 is 14.7 Å². The summed E-state index contributed by atoms with van der Waals surface area (Å²) in [5.74, 6) is -0.911. The van der Waals surface area contributed by atoms with E-state index in [9.17, 15) is 9.59 Å².